The average Bonchev–Trinajstić information content (AvgIpc) is 2.45. The quantitative estimate of drug-likeness (QED) is 0.845. The van der Waals surface area contributed by atoms with Crippen LogP contribution in [0.5, 0.6) is 5.88 Å². The summed E-state index contributed by atoms with van der Waals surface area (Å²) in [6.07, 6.45) is -0.00412. The Morgan fingerprint density at radius 2 is 2.00 bits per heavy atom. The summed E-state index contributed by atoms with van der Waals surface area (Å²) in [7, 11) is 1.55. The van der Waals surface area contributed by atoms with Gasteiger partial charge in [-0.1, -0.05) is 24.3 Å². The molecule has 0 aliphatic rings. The van der Waals surface area contributed by atoms with Gasteiger partial charge in [-0.3, -0.25) is 4.79 Å². The van der Waals surface area contributed by atoms with Crippen molar-refractivity contribution in [2.24, 2.45) is 0 Å². The number of rotatable bonds is 6. The number of anilines is 1. The van der Waals surface area contributed by atoms with Crippen LogP contribution in [0, 0.1) is 6.92 Å². The van der Waals surface area contributed by atoms with E-state index in [0.29, 0.717) is 18.4 Å². The second kappa shape index (κ2) is 6.69. The van der Waals surface area contributed by atoms with E-state index in [2.05, 4.69) is 15.3 Å². The Labute approximate surface area is 122 Å². The minimum atomic E-state index is -0.851. The molecule has 110 valence electrons. The molecule has 0 aliphatic heterocycles. The minimum Gasteiger partial charge on any atom is -0.481 e. The van der Waals surface area contributed by atoms with Crippen molar-refractivity contribution in [3.63, 3.8) is 0 Å². The molecular formula is C15H17N3O3. The smallest absolute Gasteiger partial charge is 0.307 e. The maximum absolute atomic E-state index is 10.9. The van der Waals surface area contributed by atoms with E-state index in [-0.39, 0.29) is 6.42 Å². The van der Waals surface area contributed by atoms with Crippen LogP contribution < -0.4 is 10.1 Å². The van der Waals surface area contributed by atoms with Crippen LogP contribution in [0.25, 0.3) is 0 Å². The number of methoxy groups -OCH3 is 1. The molecule has 0 saturated heterocycles. The van der Waals surface area contributed by atoms with Crippen molar-refractivity contribution in [3.05, 3.63) is 47.2 Å². The third kappa shape index (κ3) is 4.17. The van der Waals surface area contributed by atoms with Crippen molar-refractivity contribution >= 4 is 11.9 Å². The molecule has 0 saturated carbocycles. The first-order valence-electron chi connectivity index (χ1n) is 6.50. The molecular weight excluding hydrogens is 270 g/mol. The number of aliphatic carboxylic acids is 1. The molecule has 0 atom stereocenters. The zero-order chi connectivity index (χ0) is 15.2. The first-order valence-corrected chi connectivity index (χ1v) is 6.50. The maximum atomic E-state index is 10.9. The maximum Gasteiger partial charge on any atom is 0.307 e. The molecule has 1 aromatic heterocycles. The SMILES string of the molecule is COc1cc(C)nc(NCc2ccccc2CC(=O)O)n1. The summed E-state index contributed by atoms with van der Waals surface area (Å²) in [5, 5.41) is 12.0. The second-order valence-electron chi connectivity index (χ2n) is 4.57. The van der Waals surface area contributed by atoms with E-state index in [4.69, 9.17) is 9.84 Å². The van der Waals surface area contributed by atoms with Gasteiger partial charge in [-0.05, 0) is 18.1 Å². The van der Waals surface area contributed by atoms with Gasteiger partial charge in [0.1, 0.15) is 0 Å². The van der Waals surface area contributed by atoms with Gasteiger partial charge >= 0.3 is 5.97 Å². The zero-order valence-electron chi connectivity index (χ0n) is 12.0. The molecule has 0 aliphatic carbocycles. The number of nitrogens with zero attached hydrogens (tertiary/aromatic N) is 2. The number of benzene rings is 1. The Bertz CT molecular complexity index is 644. The Morgan fingerprint density at radius 1 is 1.29 bits per heavy atom. The van der Waals surface area contributed by atoms with Gasteiger partial charge in [-0.25, -0.2) is 4.98 Å². The number of nitrogens with one attached hydrogen (secondary N) is 1. The monoisotopic (exact) mass is 287 g/mol. The van der Waals surface area contributed by atoms with E-state index in [1.54, 1.807) is 13.2 Å². The van der Waals surface area contributed by atoms with Crippen molar-refractivity contribution < 1.29 is 14.6 Å². The lowest BCUT2D eigenvalue weighted by atomic mass is 10.0. The van der Waals surface area contributed by atoms with E-state index in [0.717, 1.165) is 16.8 Å². The van der Waals surface area contributed by atoms with Gasteiger partial charge in [-0.2, -0.15) is 4.98 Å². The molecule has 0 spiro atoms. The van der Waals surface area contributed by atoms with Gasteiger partial charge in [0, 0.05) is 18.3 Å². The summed E-state index contributed by atoms with van der Waals surface area (Å²) in [4.78, 5) is 19.3. The normalized spacial score (nSPS) is 10.2. The molecule has 2 aromatic rings. The molecule has 6 nitrogen and oxygen atoms in total. The summed E-state index contributed by atoms with van der Waals surface area (Å²) in [6, 6.07) is 9.14. The molecule has 0 bridgehead atoms. The number of carbonyl (C=O) groups is 1. The molecule has 6 heteroatoms. The van der Waals surface area contributed by atoms with Crippen molar-refractivity contribution in [3.8, 4) is 5.88 Å². The van der Waals surface area contributed by atoms with Gasteiger partial charge < -0.3 is 15.2 Å². The van der Waals surface area contributed by atoms with Crippen molar-refractivity contribution in [1.29, 1.82) is 0 Å². The number of aryl methyl sites for hydroxylation is 1. The fraction of sp³-hybridized carbons (Fsp3) is 0.267. The third-order valence-corrected chi connectivity index (χ3v) is 2.94. The highest BCUT2D eigenvalue weighted by molar-refractivity contribution is 5.70. The van der Waals surface area contributed by atoms with E-state index >= 15 is 0 Å². The highest BCUT2D eigenvalue weighted by Crippen LogP contribution is 2.14. The number of carboxylic acids is 1. The number of ether oxygens (including phenoxy) is 1. The van der Waals surface area contributed by atoms with Crippen LogP contribution in [-0.2, 0) is 17.8 Å². The summed E-state index contributed by atoms with van der Waals surface area (Å²) in [5.74, 6) is 0.0942. The number of hydrogen-bond acceptors (Lipinski definition) is 5. The highest BCUT2D eigenvalue weighted by atomic mass is 16.5. The molecule has 1 aromatic carbocycles. The van der Waals surface area contributed by atoms with Gasteiger partial charge in [0.15, 0.2) is 0 Å². The van der Waals surface area contributed by atoms with Crippen LogP contribution in [0.3, 0.4) is 0 Å². The van der Waals surface area contributed by atoms with Crippen LogP contribution in [-0.4, -0.2) is 28.2 Å². The molecule has 0 radical (unpaired) electrons. The van der Waals surface area contributed by atoms with E-state index < -0.39 is 5.97 Å². The fourth-order valence-corrected chi connectivity index (χ4v) is 1.96. The molecule has 21 heavy (non-hydrogen) atoms. The lowest BCUT2D eigenvalue weighted by molar-refractivity contribution is -0.136. The van der Waals surface area contributed by atoms with Gasteiger partial charge in [0.2, 0.25) is 11.8 Å². The summed E-state index contributed by atoms with van der Waals surface area (Å²) in [5.41, 5.74) is 2.48. The third-order valence-electron chi connectivity index (χ3n) is 2.94. The molecule has 1 heterocycles. The number of hydrogen-bond donors (Lipinski definition) is 2. The Morgan fingerprint density at radius 3 is 2.67 bits per heavy atom. The average molecular weight is 287 g/mol. The summed E-state index contributed by atoms with van der Waals surface area (Å²) >= 11 is 0. The van der Waals surface area contributed by atoms with Crippen molar-refractivity contribution in [1.82, 2.24) is 9.97 Å². The van der Waals surface area contributed by atoms with Gasteiger partial charge in [0.25, 0.3) is 0 Å². The standard InChI is InChI=1S/C15H17N3O3/c1-10-7-13(21-2)18-15(17-10)16-9-12-6-4-3-5-11(12)8-14(19)20/h3-7H,8-9H2,1-2H3,(H,19,20)(H,16,17,18). The molecule has 0 amide bonds. The first-order chi connectivity index (χ1) is 10.1. The van der Waals surface area contributed by atoms with Gasteiger partial charge in [-0.15, -0.1) is 0 Å². The Hall–Kier alpha value is -2.63. The highest BCUT2D eigenvalue weighted by Gasteiger charge is 2.07. The van der Waals surface area contributed by atoms with E-state index in [1.165, 1.54) is 0 Å². The van der Waals surface area contributed by atoms with Crippen LogP contribution in [0.15, 0.2) is 30.3 Å². The summed E-state index contributed by atoms with van der Waals surface area (Å²) < 4.78 is 5.10. The Kier molecular flexibility index (Phi) is 4.71. The van der Waals surface area contributed by atoms with Crippen LogP contribution in [0.2, 0.25) is 0 Å². The topological polar surface area (TPSA) is 84.3 Å². The predicted octanol–water partition coefficient (Wildman–Crippen LogP) is 2.03. The molecule has 0 unspecified atom stereocenters. The fourth-order valence-electron chi connectivity index (χ4n) is 1.96. The predicted molar refractivity (Wildman–Crippen MR) is 78.4 cm³/mol. The zero-order valence-corrected chi connectivity index (χ0v) is 12.0. The second-order valence-corrected chi connectivity index (χ2v) is 4.57. The van der Waals surface area contributed by atoms with Crippen LogP contribution in [0.4, 0.5) is 5.95 Å². The lowest BCUT2D eigenvalue weighted by Crippen LogP contribution is -2.09. The summed E-state index contributed by atoms with van der Waals surface area (Å²) in [6.45, 7) is 2.31. The van der Waals surface area contributed by atoms with Crippen molar-refractivity contribution in [2.75, 3.05) is 12.4 Å². The number of aromatic nitrogens is 2. The van der Waals surface area contributed by atoms with Crippen LogP contribution in [0.1, 0.15) is 16.8 Å². The first kappa shape index (κ1) is 14.8. The van der Waals surface area contributed by atoms with Gasteiger partial charge in [0.05, 0.1) is 13.5 Å². The molecule has 0 fully saturated rings. The molecule has 2 N–H and O–H groups in total. The van der Waals surface area contributed by atoms with E-state index in [1.807, 2.05) is 31.2 Å². The van der Waals surface area contributed by atoms with Crippen molar-refractivity contribution in [2.45, 2.75) is 19.9 Å². The largest absolute Gasteiger partial charge is 0.481 e. The number of carboxylic acid groups (broad SMARTS) is 1. The van der Waals surface area contributed by atoms with Crippen LogP contribution >= 0.6 is 0 Å². The minimum absolute atomic E-state index is 0.00412. The Balaban J connectivity index is 2.13. The van der Waals surface area contributed by atoms with E-state index in [9.17, 15) is 4.79 Å². The lowest BCUT2D eigenvalue weighted by Gasteiger charge is -2.10. The molecule has 2 rings (SSSR count).